The molecule has 0 heterocycles. The van der Waals surface area contributed by atoms with Gasteiger partial charge in [0.1, 0.15) is 11.9 Å². The fourth-order valence-corrected chi connectivity index (χ4v) is 2.08. The molecule has 0 aliphatic carbocycles. The number of thioether (sulfide) groups is 1. The Labute approximate surface area is 102 Å². The van der Waals surface area contributed by atoms with Crippen LogP contribution in [-0.2, 0) is 10.5 Å². The lowest BCUT2D eigenvalue weighted by atomic mass is 10.1. The van der Waals surface area contributed by atoms with Crippen LogP contribution in [0.25, 0.3) is 0 Å². The Balaban J connectivity index is 2.58. The second-order valence-electron chi connectivity index (χ2n) is 3.38. The van der Waals surface area contributed by atoms with Gasteiger partial charge in [-0.15, -0.1) is 0 Å². The first-order valence-electron chi connectivity index (χ1n) is 4.79. The molecule has 6 heteroatoms. The van der Waals surface area contributed by atoms with E-state index < -0.39 is 17.8 Å². The van der Waals surface area contributed by atoms with E-state index >= 15 is 0 Å². The maximum Gasteiger partial charge on any atom is 0.321 e. The van der Waals surface area contributed by atoms with Crippen LogP contribution in [0, 0.1) is 17.1 Å². The summed E-state index contributed by atoms with van der Waals surface area (Å²) in [6, 6.07) is 5.04. The largest absolute Gasteiger partial charge is 0.480 e. The predicted octanol–water partition coefficient (Wildman–Crippen LogP) is 1.34. The molecule has 0 amide bonds. The molecule has 0 radical (unpaired) electrons. The van der Waals surface area contributed by atoms with Crippen molar-refractivity contribution in [3.63, 3.8) is 0 Å². The highest BCUT2D eigenvalue weighted by Crippen LogP contribution is 2.17. The fourth-order valence-electron chi connectivity index (χ4n) is 1.12. The highest BCUT2D eigenvalue weighted by atomic mass is 32.2. The molecule has 0 saturated carbocycles. The topological polar surface area (TPSA) is 87.1 Å². The Bertz CT molecular complexity index is 459. The first-order valence-corrected chi connectivity index (χ1v) is 5.94. The number of aliphatic carboxylic acids is 1. The molecule has 0 aliphatic rings. The Morgan fingerprint density at radius 1 is 1.65 bits per heavy atom. The number of hydrogen-bond acceptors (Lipinski definition) is 4. The molecule has 1 rings (SSSR count). The number of rotatable bonds is 5. The van der Waals surface area contributed by atoms with Crippen molar-refractivity contribution in [2.45, 2.75) is 11.8 Å². The molecule has 0 spiro atoms. The number of carbonyl (C=O) groups is 1. The molecular formula is C11H11FN2O2S. The lowest BCUT2D eigenvalue weighted by molar-refractivity contribution is -0.137. The minimum absolute atomic E-state index is 0.200. The van der Waals surface area contributed by atoms with Gasteiger partial charge in [0.05, 0.1) is 11.6 Å². The molecule has 90 valence electrons. The van der Waals surface area contributed by atoms with E-state index in [1.807, 2.05) is 6.07 Å². The molecule has 0 aliphatic heterocycles. The van der Waals surface area contributed by atoms with Gasteiger partial charge in [-0.1, -0.05) is 0 Å². The molecule has 3 N–H and O–H groups in total. The van der Waals surface area contributed by atoms with E-state index in [0.29, 0.717) is 16.9 Å². The molecule has 1 unspecified atom stereocenters. The van der Waals surface area contributed by atoms with Gasteiger partial charge in [-0.05, 0) is 23.8 Å². The number of benzene rings is 1. The van der Waals surface area contributed by atoms with Crippen LogP contribution in [-0.4, -0.2) is 22.9 Å². The van der Waals surface area contributed by atoms with Crippen molar-refractivity contribution in [3.8, 4) is 6.07 Å². The molecule has 0 saturated heterocycles. The zero-order valence-electron chi connectivity index (χ0n) is 8.89. The number of nitrogens with zero attached hydrogens (tertiary/aromatic N) is 1. The second-order valence-corrected chi connectivity index (χ2v) is 4.41. The highest BCUT2D eigenvalue weighted by Gasteiger charge is 2.12. The number of carboxylic acid groups (broad SMARTS) is 1. The number of halogens is 1. The summed E-state index contributed by atoms with van der Waals surface area (Å²) in [6.45, 7) is 0. The quantitative estimate of drug-likeness (QED) is 0.828. The minimum Gasteiger partial charge on any atom is -0.480 e. The van der Waals surface area contributed by atoms with Crippen LogP contribution in [0.15, 0.2) is 18.2 Å². The summed E-state index contributed by atoms with van der Waals surface area (Å²) in [7, 11) is 0. The normalized spacial score (nSPS) is 11.8. The van der Waals surface area contributed by atoms with Crippen LogP contribution in [0.4, 0.5) is 4.39 Å². The third-order valence-corrected chi connectivity index (χ3v) is 3.16. The molecule has 0 fully saturated rings. The standard InChI is InChI=1S/C11H11FN2O2S/c12-9-2-1-7(4-13)3-8(9)5-17-6-10(14)11(15)16/h1-3,10H,5-6,14H2,(H,15,16). The van der Waals surface area contributed by atoms with E-state index in [-0.39, 0.29) is 5.75 Å². The summed E-state index contributed by atoms with van der Waals surface area (Å²) < 4.78 is 13.3. The summed E-state index contributed by atoms with van der Waals surface area (Å²) in [5, 5.41) is 17.2. The van der Waals surface area contributed by atoms with E-state index in [4.69, 9.17) is 16.1 Å². The van der Waals surface area contributed by atoms with Gasteiger partial charge >= 0.3 is 5.97 Å². The number of carboxylic acids is 1. The zero-order chi connectivity index (χ0) is 12.8. The van der Waals surface area contributed by atoms with Gasteiger partial charge in [0.15, 0.2) is 0 Å². The van der Waals surface area contributed by atoms with Crippen molar-refractivity contribution in [1.82, 2.24) is 0 Å². The molecule has 0 aromatic heterocycles. The van der Waals surface area contributed by atoms with Crippen molar-refractivity contribution >= 4 is 17.7 Å². The number of nitriles is 1. The van der Waals surface area contributed by atoms with Gasteiger partial charge < -0.3 is 10.8 Å². The molecule has 4 nitrogen and oxygen atoms in total. The predicted molar refractivity (Wildman–Crippen MR) is 62.9 cm³/mol. The van der Waals surface area contributed by atoms with E-state index in [1.54, 1.807) is 0 Å². The van der Waals surface area contributed by atoms with Gasteiger partial charge in [0.2, 0.25) is 0 Å². The lowest BCUT2D eigenvalue weighted by Crippen LogP contribution is -2.32. The van der Waals surface area contributed by atoms with Crippen molar-refractivity contribution in [3.05, 3.63) is 35.1 Å². The summed E-state index contributed by atoms with van der Waals surface area (Å²) >= 11 is 1.22. The minimum atomic E-state index is -1.08. The maximum atomic E-state index is 13.3. The third kappa shape index (κ3) is 4.06. The Morgan fingerprint density at radius 2 is 2.35 bits per heavy atom. The summed E-state index contributed by atoms with van der Waals surface area (Å²) in [4.78, 5) is 10.5. The summed E-state index contributed by atoms with van der Waals surface area (Å²) in [5.41, 5.74) is 6.07. The van der Waals surface area contributed by atoms with Crippen LogP contribution in [0.5, 0.6) is 0 Å². The van der Waals surface area contributed by atoms with Crippen molar-refractivity contribution < 1.29 is 14.3 Å². The van der Waals surface area contributed by atoms with Crippen LogP contribution >= 0.6 is 11.8 Å². The SMILES string of the molecule is N#Cc1ccc(F)c(CSCC(N)C(=O)O)c1. The molecule has 0 bridgehead atoms. The maximum absolute atomic E-state index is 13.3. The van der Waals surface area contributed by atoms with Crippen LogP contribution in [0.2, 0.25) is 0 Å². The average Bonchev–Trinajstić information content (AvgIpc) is 2.31. The average molecular weight is 254 g/mol. The molecule has 1 atom stereocenters. The monoisotopic (exact) mass is 254 g/mol. The summed E-state index contributed by atoms with van der Waals surface area (Å²) in [6.07, 6.45) is 0. The number of nitrogens with two attached hydrogens (primary N) is 1. The molecule has 17 heavy (non-hydrogen) atoms. The van der Waals surface area contributed by atoms with Gasteiger partial charge in [0.25, 0.3) is 0 Å². The summed E-state index contributed by atoms with van der Waals surface area (Å²) in [5.74, 6) is -0.988. The second kappa shape index (κ2) is 6.23. The van der Waals surface area contributed by atoms with Crippen molar-refractivity contribution in [2.75, 3.05) is 5.75 Å². The Hall–Kier alpha value is -1.58. The number of hydrogen-bond donors (Lipinski definition) is 2. The molecular weight excluding hydrogens is 243 g/mol. The van der Waals surface area contributed by atoms with Crippen LogP contribution in [0.3, 0.4) is 0 Å². The third-order valence-electron chi connectivity index (χ3n) is 2.05. The zero-order valence-corrected chi connectivity index (χ0v) is 9.71. The van der Waals surface area contributed by atoms with Gasteiger partial charge in [-0.3, -0.25) is 4.79 Å². The van der Waals surface area contributed by atoms with E-state index in [2.05, 4.69) is 0 Å². The van der Waals surface area contributed by atoms with Crippen molar-refractivity contribution in [1.29, 1.82) is 5.26 Å². The van der Waals surface area contributed by atoms with Gasteiger partial charge in [-0.25, -0.2) is 4.39 Å². The highest BCUT2D eigenvalue weighted by molar-refractivity contribution is 7.98. The smallest absolute Gasteiger partial charge is 0.321 e. The van der Waals surface area contributed by atoms with Gasteiger partial charge in [-0.2, -0.15) is 17.0 Å². The van der Waals surface area contributed by atoms with Gasteiger partial charge in [0, 0.05) is 11.5 Å². The fraction of sp³-hybridized carbons (Fsp3) is 0.273. The van der Waals surface area contributed by atoms with Crippen molar-refractivity contribution in [2.24, 2.45) is 5.73 Å². The van der Waals surface area contributed by atoms with E-state index in [0.717, 1.165) is 0 Å². The van der Waals surface area contributed by atoms with E-state index in [1.165, 1.54) is 30.0 Å². The Kier molecular flexibility index (Phi) is 4.94. The molecule has 1 aromatic rings. The van der Waals surface area contributed by atoms with Crippen LogP contribution < -0.4 is 5.73 Å². The van der Waals surface area contributed by atoms with Crippen LogP contribution in [0.1, 0.15) is 11.1 Å². The Morgan fingerprint density at radius 3 is 2.94 bits per heavy atom. The first kappa shape index (κ1) is 13.5. The molecule has 1 aromatic carbocycles. The lowest BCUT2D eigenvalue weighted by Gasteiger charge is -2.06. The van der Waals surface area contributed by atoms with E-state index in [9.17, 15) is 9.18 Å². The first-order chi connectivity index (χ1) is 8.04.